The quantitative estimate of drug-likeness (QED) is 0.753. The zero-order valence-electron chi connectivity index (χ0n) is 15.0. The highest BCUT2D eigenvalue weighted by Crippen LogP contribution is 2.44. The minimum atomic E-state index is -0.775. The van der Waals surface area contributed by atoms with Gasteiger partial charge in [-0.1, -0.05) is 27.7 Å². The standard InChI is InChI=1S/C18H33NO4/c1-5-9-19(6-2)11-14-12-22-18(23-14)8-7-15(16(21)10-18)17(3,4)13-20/h10,14-15,20-21H,5-9,11-13H2,1-4H3. The van der Waals surface area contributed by atoms with Gasteiger partial charge in [-0.05, 0) is 31.3 Å². The molecular formula is C18H33NO4. The smallest absolute Gasteiger partial charge is 0.191 e. The summed E-state index contributed by atoms with van der Waals surface area (Å²) < 4.78 is 12.1. The van der Waals surface area contributed by atoms with Crippen molar-refractivity contribution in [2.24, 2.45) is 11.3 Å². The predicted octanol–water partition coefficient (Wildman–Crippen LogP) is 2.70. The third kappa shape index (κ3) is 4.27. The van der Waals surface area contributed by atoms with Gasteiger partial charge in [0.25, 0.3) is 0 Å². The van der Waals surface area contributed by atoms with Crippen LogP contribution in [0.25, 0.3) is 0 Å². The van der Waals surface area contributed by atoms with Gasteiger partial charge in [0.2, 0.25) is 0 Å². The van der Waals surface area contributed by atoms with Gasteiger partial charge in [-0.15, -0.1) is 0 Å². The molecule has 0 aromatic heterocycles. The summed E-state index contributed by atoms with van der Waals surface area (Å²) in [7, 11) is 0. The van der Waals surface area contributed by atoms with E-state index in [1.165, 1.54) is 0 Å². The maximum absolute atomic E-state index is 10.4. The molecule has 1 saturated heterocycles. The summed E-state index contributed by atoms with van der Waals surface area (Å²) in [6.45, 7) is 11.9. The van der Waals surface area contributed by atoms with Crippen molar-refractivity contribution < 1.29 is 19.7 Å². The average molecular weight is 327 g/mol. The second-order valence-corrected chi connectivity index (χ2v) is 7.56. The molecule has 5 nitrogen and oxygen atoms in total. The Morgan fingerprint density at radius 3 is 2.70 bits per heavy atom. The first-order valence-corrected chi connectivity index (χ1v) is 8.92. The van der Waals surface area contributed by atoms with E-state index in [9.17, 15) is 10.2 Å². The molecular weight excluding hydrogens is 294 g/mol. The fourth-order valence-corrected chi connectivity index (χ4v) is 3.66. The largest absolute Gasteiger partial charge is 0.512 e. The van der Waals surface area contributed by atoms with Crippen molar-refractivity contribution in [2.75, 3.05) is 32.8 Å². The number of rotatable bonds is 7. The number of aliphatic hydroxyl groups excluding tert-OH is 2. The van der Waals surface area contributed by atoms with Gasteiger partial charge in [0.1, 0.15) is 0 Å². The third-order valence-electron chi connectivity index (χ3n) is 5.19. The zero-order chi connectivity index (χ0) is 17.1. The van der Waals surface area contributed by atoms with Crippen LogP contribution in [0.5, 0.6) is 0 Å². The number of nitrogens with zero attached hydrogens (tertiary/aromatic N) is 1. The van der Waals surface area contributed by atoms with Crippen LogP contribution < -0.4 is 0 Å². The van der Waals surface area contributed by atoms with Gasteiger partial charge >= 0.3 is 0 Å². The van der Waals surface area contributed by atoms with Crippen molar-refractivity contribution >= 4 is 0 Å². The van der Waals surface area contributed by atoms with Crippen LogP contribution in [-0.4, -0.2) is 59.9 Å². The molecule has 1 heterocycles. The average Bonchev–Trinajstić information content (AvgIpc) is 2.88. The lowest BCUT2D eigenvalue weighted by Crippen LogP contribution is -2.40. The maximum Gasteiger partial charge on any atom is 0.191 e. The fraction of sp³-hybridized carbons (Fsp3) is 0.889. The number of allylic oxidation sites excluding steroid dienone is 1. The van der Waals surface area contributed by atoms with Crippen LogP contribution in [0.3, 0.4) is 0 Å². The Morgan fingerprint density at radius 2 is 2.13 bits per heavy atom. The number of hydrogen-bond acceptors (Lipinski definition) is 5. The van der Waals surface area contributed by atoms with Gasteiger partial charge in [0.05, 0.1) is 18.5 Å². The van der Waals surface area contributed by atoms with E-state index in [1.807, 2.05) is 13.8 Å². The second kappa shape index (κ2) is 7.51. The molecule has 1 aliphatic carbocycles. The van der Waals surface area contributed by atoms with E-state index in [4.69, 9.17) is 9.47 Å². The van der Waals surface area contributed by atoms with E-state index >= 15 is 0 Å². The Balaban J connectivity index is 2.00. The van der Waals surface area contributed by atoms with Gasteiger partial charge in [-0.2, -0.15) is 0 Å². The highest BCUT2D eigenvalue weighted by Gasteiger charge is 2.46. The summed E-state index contributed by atoms with van der Waals surface area (Å²) in [5.74, 6) is -0.531. The van der Waals surface area contributed by atoms with Crippen LogP contribution in [0.4, 0.5) is 0 Å². The molecule has 2 N–H and O–H groups in total. The van der Waals surface area contributed by atoms with Gasteiger partial charge in [0.15, 0.2) is 5.79 Å². The Bertz CT molecular complexity index is 423. The summed E-state index contributed by atoms with van der Waals surface area (Å²) in [6.07, 6.45) is 4.39. The molecule has 0 bridgehead atoms. The second-order valence-electron chi connectivity index (χ2n) is 7.56. The normalized spacial score (nSPS) is 31.8. The molecule has 3 atom stereocenters. The Kier molecular flexibility index (Phi) is 6.11. The first-order valence-electron chi connectivity index (χ1n) is 8.92. The monoisotopic (exact) mass is 327 g/mol. The predicted molar refractivity (Wildman–Crippen MR) is 90.3 cm³/mol. The van der Waals surface area contributed by atoms with Crippen molar-refractivity contribution in [3.63, 3.8) is 0 Å². The number of likely N-dealkylation sites (N-methyl/N-ethyl adjacent to an activating group) is 1. The van der Waals surface area contributed by atoms with E-state index in [-0.39, 0.29) is 29.8 Å². The Hall–Kier alpha value is -0.620. The van der Waals surface area contributed by atoms with E-state index < -0.39 is 5.79 Å². The van der Waals surface area contributed by atoms with Gasteiger partial charge in [-0.3, -0.25) is 0 Å². The molecule has 0 aromatic rings. The summed E-state index contributed by atoms with van der Waals surface area (Å²) in [5, 5.41) is 20.0. The molecule has 2 aliphatic rings. The first kappa shape index (κ1) is 18.7. The van der Waals surface area contributed by atoms with E-state index in [0.29, 0.717) is 6.61 Å². The number of hydrogen-bond donors (Lipinski definition) is 2. The molecule has 0 amide bonds. The van der Waals surface area contributed by atoms with Crippen molar-refractivity contribution in [1.82, 2.24) is 4.90 Å². The number of aliphatic hydroxyl groups is 2. The number of ether oxygens (including phenoxy) is 2. The molecule has 3 unspecified atom stereocenters. The fourth-order valence-electron chi connectivity index (χ4n) is 3.66. The van der Waals surface area contributed by atoms with E-state index in [0.717, 1.165) is 38.9 Å². The molecule has 1 fully saturated rings. The summed E-state index contributed by atoms with van der Waals surface area (Å²) in [6, 6.07) is 0. The lowest BCUT2D eigenvalue weighted by atomic mass is 9.72. The minimum Gasteiger partial charge on any atom is -0.512 e. The third-order valence-corrected chi connectivity index (χ3v) is 5.19. The molecule has 0 saturated carbocycles. The van der Waals surface area contributed by atoms with Crippen LogP contribution in [0.15, 0.2) is 11.8 Å². The maximum atomic E-state index is 10.4. The van der Waals surface area contributed by atoms with Crippen LogP contribution in [0.1, 0.15) is 47.0 Å². The van der Waals surface area contributed by atoms with Crippen molar-refractivity contribution in [1.29, 1.82) is 0 Å². The van der Waals surface area contributed by atoms with Gasteiger partial charge in [-0.25, -0.2) is 0 Å². The summed E-state index contributed by atoms with van der Waals surface area (Å²) >= 11 is 0. The highest BCUT2D eigenvalue weighted by atomic mass is 16.7. The zero-order valence-corrected chi connectivity index (χ0v) is 15.0. The van der Waals surface area contributed by atoms with Gasteiger partial charge < -0.3 is 24.6 Å². The van der Waals surface area contributed by atoms with Crippen LogP contribution in [0.2, 0.25) is 0 Å². The molecule has 23 heavy (non-hydrogen) atoms. The Morgan fingerprint density at radius 1 is 1.39 bits per heavy atom. The van der Waals surface area contributed by atoms with Crippen LogP contribution >= 0.6 is 0 Å². The van der Waals surface area contributed by atoms with Crippen LogP contribution in [0, 0.1) is 11.3 Å². The lowest BCUT2D eigenvalue weighted by Gasteiger charge is -2.39. The Labute approximate surface area is 140 Å². The summed E-state index contributed by atoms with van der Waals surface area (Å²) in [4.78, 5) is 2.37. The molecule has 0 radical (unpaired) electrons. The molecule has 134 valence electrons. The SMILES string of the molecule is CCCN(CC)CC1COC2(C=C(O)C(C(C)(C)CO)CC2)O1. The van der Waals surface area contributed by atoms with Crippen molar-refractivity contribution in [2.45, 2.75) is 58.8 Å². The highest BCUT2D eigenvalue weighted by molar-refractivity contribution is 5.14. The van der Waals surface area contributed by atoms with Crippen molar-refractivity contribution in [3.8, 4) is 0 Å². The molecule has 1 spiro atoms. The summed E-state index contributed by atoms with van der Waals surface area (Å²) in [5.41, 5.74) is -0.333. The molecule has 5 heteroatoms. The van der Waals surface area contributed by atoms with E-state index in [1.54, 1.807) is 6.08 Å². The molecule has 0 aromatic carbocycles. The first-order chi connectivity index (χ1) is 10.9. The topological polar surface area (TPSA) is 62.2 Å². The minimum absolute atomic E-state index is 0.0448. The van der Waals surface area contributed by atoms with Crippen molar-refractivity contribution in [3.05, 3.63) is 11.8 Å². The lowest BCUT2D eigenvalue weighted by molar-refractivity contribution is -0.149. The molecule has 2 rings (SSSR count). The van der Waals surface area contributed by atoms with Crippen LogP contribution in [-0.2, 0) is 9.47 Å². The molecule has 1 aliphatic heterocycles. The van der Waals surface area contributed by atoms with Gasteiger partial charge in [0, 0.05) is 31.6 Å². The van der Waals surface area contributed by atoms with E-state index in [2.05, 4.69) is 18.7 Å².